The monoisotopic (exact) mass is 385 g/mol. The number of nitrogens with one attached hydrogen (secondary N) is 1. The molecule has 26 heavy (non-hydrogen) atoms. The van der Waals surface area contributed by atoms with Gasteiger partial charge in [-0.25, -0.2) is 4.68 Å². The van der Waals surface area contributed by atoms with Gasteiger partial charge >= 0.3 is 0 Å². The minimum Gasteiger partial charge on any atom is -0.325 e. The summed E-state index contributed by atoms with van der Waals surface area (Å²) in [7, 11) is 1.74. The van der Waals surface area contributed by atoms with E-state index < -0.39 is 0 Å². The van der Waals surface area contributed by atoms with Crippen LogP contribution in [-0.2, 0) is 11.8 Å². The van der Waals surface area contributed by atoms with Crippen molar-refractivity contribution in [2.75, 3.05) is 11.1 Å². The molecule has 1 N–H and O–H groups in total. The number of benzene rings is 2. The number of carbonyl (C=O) groups excluding carboxylic acids is 1. The number of thioether (sulfide) groups is 1. The topological polar surface area (TPSA) is 72.7 Å². The van der Waals surface area contributed by atoms with E-state index in [0.717, 1.165) is 10.6 Å². The van der Waals surface area contributed by atoms with E-state index in [1.54, 1.807) is 18.8 Å². The molecule has 0 aliphatic heterocycles. The number of hydrogen-bond donors (Lipinski definition) is 1. The first-order chi connectivity index (χ1) is 12.5. The number of carbonyl (C=O) groups is 1. The highest BCUT2D eigenvalue weighted by Gasteiger charge is 2.08. The van der Waals surface area contributed by atoms with Crippen LogP contribution in [-0.4, -0.2) is 31.9 Å². The van der Waals surface area contributed by atoms with Crippen molar-refractivity contribution in [3.8, 4) is 0 Å². The fourth-order valence-electron chi connectivity index (χ4n) is 2.22. The van der Waals surface area contributed by atoms with Crippen LogP contribution >= 0.6 is 23.5 Å². The van der Waals surface area contributed by atoms with Gasteiger partial charge in [-0.1, -0.05) is 35.7 Å². The summed E-state index contributed by atoms with van der Waals surface area (Å²) in [6, 6.07) is 14.3. The Balaban J connectivity index is 1.56. The lowest BCUT2D eigenvalue weighted by atomic mass is 10.2. The number of hydrogen-bond acceptors (Lipinski definition) is 6. The molecule has 3 aromatic rings. The molecule has 0 aliphatic carbocycles. The molecule has 0 saturated heterocycles. The fraction of sp³-hybridized carbons (Fsp3) is 0.222. The lowest BCUT2D eigenvalue weighted by Gasteiger charge is -2.08. The van der Waals surface area contributed by atoms with Crippen LogP contribution in [0.5, 0.6) is 0 Å². The molecule has 1 heterocycles. The normalized spacial score (nSPS) is 10.7. The van der Waals surface area contributed by atoms with Crippen LogP contribution < -0.4 is 5.32 Å². The Hall–Kier alpha value is -2.32. The maximum Gasteiger partial charge on any atom is 0.234 e. The number of rotatable bonds is 6. The standard InChI is InChI=1S/C18H19N5OS2/c1-12-4-5-13(2)16(10-12)26-15-8-6-14(7-9-15)19-17(24)11-25-18-20-21-22-23(18)3/h4-10H,11H2,1-3H3,(H,19,24). The number of nitrogens with zero attached hydrogens (tertiary/aromatic N) is 4. The molecule has 0 saturated carbocycles. The van der Waals surface area contributed by atoms with Crippen molar-refractivity contribution in [3.63, 3.8) is 0 Å². The van der Waals surface area contributed by atoms with Gasteiger partial charge in [0.25, 0.3) is 0 Å². The van der Waals surface area contributed by atoms with E-state index in [2.05, 4.69) is 52.9 Å². The average Bonchev–Trinajstić information content (AvgIpc) is 3.03. The zero-order chi connectivity index (χ0) is 18.5. The molecule has 8 heteroatoms. The first-order valence-corrected chi connectivity index (χ1v) is 9.81. The molecule has 1 aromatic heterocycles. The van der Waals surface area contributed by atoms with Crippen molar-refractivity contribution >= 4 is 35.1 Å². The average molecular weight is 386 g/mol. The van der Waals surface area contributed by atoms with Gasteiger partial charge in [-0.2, -0.15) is 0 Å². The largest absolute Gasteiger partial charge is 0.325 e. The Morgan fingerprint density at radius 2 is 1.92 bits per heavy atom. The molecule has 0 bridgehead atoms. The first-order valence-electron chi connectivity index (χ1n) is 8.01. The van der Waals surface area contributed by atoms with E-state index in [1.807, 2.05) is 24.3 Å². The van der Waals surface area contributed by atoms with Crippen LogP contribution in [0.2, 0.25) is 0 Å². The zero-order valence-corrected chi connectivity index (χ0v) is 16.4. The van der Waals surface area contributed by atoms with E-state index in [-0.39, 0.29) is 11.7 Å². The Labute approximate surface area is 160 Å². The van der Waals surface area contributed by atoms with Crippen LogP contribution in [0.4, 0.5) is 5.69 Å². The number of tetrazole rings is 1. The summed E-state index contributed by atoms with van der Waals surface area (Å²) in [5.41, 5.74) is 3.28. The molecule has 2 aromatic carbocycles. The number of anilines is 1. The fourth-order valence-corrected chi connectivity index (χ4v) is 3.87. The second-order valence-electron chi connectivity index (χ2n) is 5.82. The van der Waals surface area contributed by atoms with E-state index >= 15 is 0 Å². The SMILES string of the molecule is Cc1ccc(C)c(Sc2ccc(NC(=O)CSc3nnnn3C)cc2)c1. The predicted octanol–water partition coefficient (Wildman–Crippen LogP) is 3.71. The highest BCUT2D eigenvalue weighted by molar-refractivity contribution is 7.99. The number of aromatic nitrogens is 4. The van der Waals surface area contributed by atoms with Crippen LogP contribution in [0.25, 0.3) is 0 Å². The summed E-state index contributed by atoms with van der Waals surface area (Å²) < 4.78 is 1.54. The highest BCUT2D eigenvalue weighted by atomic mass is 32.2. The minimum absolute atomic E-state index is 0.0899. The van der Waals surface area contributed by atoms with E-state index in [9.17, 15) is 4.79 Å². The van der Waals surface area contributed by atoms with Gasteiger partial charge in [0.1, 0.15) is 0 Å². The summed E-state index contributed by atoms with van der Waals surface area (Å²) in [5, 5.41) is 14.6. The molecule has 0 unspecified atom stereocenters. The van der Waals surface area contributed by atoms with Gasteiger partial charge in [-0.05, 0) is 65.7 Å². The van der Waals surface area contributed by atoms with E-state index in [4.69, 9.17) is 0 Å². The Kier molecular flexibility index (Phi) is 5.95. The zero-order valence-electron chi connectivity index (χ0n) is 14.8. The van der Waals surface area contributed by atoms with Crippen molar-refractivity contribution in [2.24, 2.45) is 7.05 Å². The molecule has 6 nitrogen and oxygen atoms in total. The lowest BCUT2D eigenvalue weighted by molar-refractivity contribution is -0.113. The van der Waals surface area contributed by atoms with Crippen molar-refractivity contribution in [1.29, 1.82) is 0 Å². The minimum atomic E-state index is -0.0899. The predicted molar refractivity (Wildman–Crippen MR) is 105 cm³/mol. The molecule has 0 aliphatic rings. The van der Waals surface area contributed by atoms with Gasteiger partial charge in [0.15, 0.2) is 0 Å². The maximum absolute atomic E-state index is 12.1. The third-order valence-corrected chi connectivity index (χ3v) is 5.80. The van der Waals surface area contributed by atoms with Crippen LogP contribution in [0.3, 0.4) is 0 Å². The number of amides is 1. The molecule has 0 atom stereocenters. The summed E-state index contributed by atoms with van der Waals surface area (Å²) in [6.45, 7) is 4.21. The quantitative estimate of drug-likeness (QED) is 0.652. The Bertz CT molecular complexity index is 908. The van der Waals surface area contributed by atoms with Crippen LogP contribution in [0, 0.1) is 13.8 Å². The smallest absolute Gasteiger partial charge is 0.234 e. The number of aryl methyl sites for hydroxylation is 3. The molecule has 1 amide bonds. The second kappa shape index (κ2) is 8.37. The van der Waals surface area contributed by atoms with Gasteiger partial charge in [-0.3, -0.25) is 4.79 Å². The van der Waals surface area contributed by atoms with Gasteiger partial charge in [0.2, 0.25) is 11.1 Å². The molecule has 3 rings (SSSR count). The van der Waals surface area contributed by atoms with Crippen molar-refractivity contribution in [3.05, 3.63) is 53.6 Å². The lowest BCUT2D eigenvalue weighted by Crippen LogP contribution is -2.14. The van der Waals surface area contributed by atoms with Gasteiger partial charge in [0, 0.05) is 22.5 Å². The summed E-state index contributed by atoms with van der Waals surface area (Å²) in [5.74, 6) is 0.167. The van der Waals surface area contributed by atoms with Crippen molar-refractivity contribution < 1.29 is 4.79 Å². The molecular formula is C18H19N5OS2. The van der Waals surface area contributed by atoms with Crippen molar-refractivity contribution in [1.82, 2.24) is 20.2 Å². The van der Waals surface area contributed by atoms with Crippen LogP contribution in [0.15, 0.2) is 57.4 Å². The molecule has 0 spiro atoms. The van der Waals surface area contributed by atoms with Gasteiger partial charge < -0.3 is 5.32 Å². The Morgan fingerprint density at radius 3 is 2.62 bits per heavy atom. The third-order valence-electron chi connectivity index (χ3n) is 3.62. The summed E-state index contributed by atoms with van der Waals surface area (Å²) >= 11 is 3.02. The highest BCUT2D eigenvalue weighted by Crippen LogP contribution is 2.31. The van der Waals surface area contributed by atoms with E-state index in [0.29, 0.717) is 5.16 Å². The first kappa shape index (κ1) is 18.5. The van der Waals surface area contributed by atoms with E-state index in [1.165, 1.54) is 32.5 Å². The third kappa shape index (κ3) is 4.86. The summed E-state index contributed by atoms with van der Waals surface area (Å²) in [4.78, 5) is 14.4. The molecular weight excluding hydrogens is 366 g/mol. The molecule has 0 fully saturated rings. The second-order valence-corrected chi connectivity index (χ2v) is 7.88. The summed E-state index contributed by atoms with van der Waals surface area (Å²) in [6.07, 6.45) is 0. The van der Waals surface area contributed by atoms with Gasteiger partial charge in [0.05, 0.1) is 5.75 Å². The molecule has 134 valence electrons. The van der Waals surface area contributed by atoms with Crippen LogP contribution in [0.1, 0.15) is 11.1 Å². The Morgan fingerprint density at radius 1 is 1.15 bits per heavy atom. The molecule has 0 radical (unpaired) electrons. The maximum atomic E-state index is 12.1. The van der Waals surface area contributed by atoms with Crippen molar-refractivity contribution in [2.45, 2.75) is 28.8 Å². The van der Waals surface area contributed by atoms with Gasteiger partial charge in [-0.15, -0.1) is 5.10 Å².